The second-order valence-electron chi connectivity index (χ2n) is 26.3. The van der Waals surface area contributed by atoms with Crippen molar-refractivity contribution in [2.75, 3.05) is 13.2 Å². The molecule has 84 heavy (non-hydrogen) atoms. The monoisotopic (exact) mass is 1180 g/mol. The van der Waals surface area contributed by atoms with E-state index in [1.165, 1.54) is 340 Å². The first kappa shape index (κ1) is 82.1. The van der Waals surface area contributed by atoms with Crippen LogP contribution in [0.3, 0.4) is 0 Å². The summed E-state index contributed by atoms with van der Waals surface area (Å²) in [4.78, 5) is 24.7. The van der Waals surface area contributed by atoms with Gasteiger partial charge in [0.15, 0.2) is 0 Å². The Morgan fingerprint density at radius 3 is 0.929 bits per heavy atom. The molecule has 0 aliphatic rings. The number of allylic oxidation sites excluding steroid dienone is 6. The van der Waals surface area contributed by atoms with Crippen molar-refractivity contribution in [1.29, 1.82) is 0 Å². The van der Waals surface area contributed by atoms with Gasteiger partial charge < -0.3 is 20.3 Å². The quantitative estimate of drug-likeness (QED) is 0.0320. The van der Waals surface area contributed by atoms with Gasteiger partial charge in [-0.05, 0) is 83.5 Å². The van der Waals surface area contributed by atoms with E-state index in [-0.39, 0.29) is 18.5 Å². The molecular weight excluding hydrogens is 1030 g/mol. The standard InChI is InChI=1S/C78H149NO5/c1-3-5-7-9-11-13-15-17-19-21-35-38-42-46-50-54-58-62-66-70-76(81)75(74-80)79-77(82)71-67-63-59-55-51-47-43-39-36-33-31-29-27-25-23-24-26-28-30-32-34-37-41-45-49-53-57-61-65-69-73-84-78(83)72-68-64-60-56-52-48-44-40-22-20-18-16-14-12-10-8-6-4-2/h14,16,20,22,24,26,75-76,80-81H,3-13,15,17-19,21,23,25,27-74H2,1-2H3,(H,79,82)/b16-14-,22-20-,26-24-. The Morgan fingerprint density at radius 1 is 0.333 bits per heavy atom. The van der Waals surface area contributed by atoms with Gasteiger partial charge in [-0.3, -0.25) is 9.59 Å². The highest BCUT2D eigenvalue weighted by Crippen LogP contribution is 2.19. The highest BCUT2D eigenvalue weighted by Gasteiger charge is 2.20. The summed E-state index contributed by atoms with van der Waals surface area (Å²) < 4.78 is 5.51. The number of hydrogen-bond acceptors (Lipinski definition) is 5. The molecule has 0 aromatic carbocycles. The molecule has 0 radical (unpaired) electrons. The van der Waals surface area contributed by atoms with E-state index in [2.05, 4.69) is 55.6 Å². The van der Waals surface area contributed by atoms with Crippen molar-refractivity contribution in [2.24, 2.45) is 0 Å². The van der Waals surface area contributed by atoms with Crippen molar-refractivity contribution in [3.63, 3.8) is 0 Å². The molecule has 496 valence electrons. The first-order valence-corrected chi connectivity index (χ1v) is 38.2. The number of esters is 1. The average molecular weight is 1180 g/mol. The van der Waals surface area contributed by atoms with Gasteiger partial charge in [0.1, 0.15) is 0 Å². The van der Waals surface area contributed by atoms with Crippen molar-refractivity contribution in [2.45, 2.75) is 437 Å². The lowest BCUT2D eigenvalue weighted by molar-refractivity contribution is -0.143. The van der Waals surface area contributed by atoms with Crippen LogP contribution < -0.4 is 5.32 Å². The van der Waals surface area contributed by atoms with E-state index in [4.69, 9.17) is 4.74 Å². The largest absolute Gasteiger partial charge is 0.466 e. The molecule has 0 aliphatic carbocycles. The molecule has 0 aliphatic heterocycles. The van der Waals surface area contributed by atoms with Gasteiger partial charge in [-0.25, -0.2) is 0 Å². The van der Waals surface area contributed by atoms with Gasteiger partial charge in [0.05, 0.1) is 25.4 Å². The van der Waals surface area contributed by atoms with Crippen LogP contribution >= 0.6 is 0 Å². The van der Waals surface area contributed by atoms with Crippen molar-refractivity contribution >= 4 is 11.9 Å². The summed E-state index contributed by atoms with van der Waals surface area (Å²) in [7, 11) is 0. The molecule has 6 nitrogen and oxygen atoms in total. The molecule has 0 spiro atoms. The van der Waals surface area contributed by atoms with Crippen molar-refractivity contribution in [1.82, 2.24) is 5.32 Å². The van der Waals surface area contributed by atoms with E-state index in [0.717, 1.165) is 51.4 Å². The van der Waals surface area contributed by atoms with Crippen LogP contribution in [0.4, 0.5) is 0 Å². The summed E-state index contributed by atoms with van der Waals surface area (Å²) in [6, 6.07) is -0.541. The van der Waals surface area contributed by atoms with Gasteiger partial charge in [-0.1, -0.05) is 365 Å². The molecule has 0 saturated carbocycles. The Labute approximate surface area is 525 Å². The van der Waals surface area contributed by atoms with Gasteiger partial charge >= 0.3 is 5.97 Å². The van der Waals surface area contributed by atoms with Crippen LogP contribution in [-0.2, 0) is 14.3 Å². The second kappa shape index (κ2) is 73.5. The maximum absolute atomic E-state index is 12.5. The summed E-state index contributed by atoms with van der Waals surface area (Å²) in [6.07, 6.45) is 95.0. The zero-order chi connectivity index (χ0) is 60.6. The molecule has 2 unspecified atom stereocenters. The lowest BCUT2D eigenvalue weighted by Crippen LogP contribution is -2.45. The molecule has 0 bridgehead atoms. The van der Waals surface area contributed by atoms with Gasteiger partial charge in [0.2, 0.25) is 5.91 Å². The molecule has 3 N–H and O–H groups in total. The Morgan fingerprint density at radius 2 is 0.595 bits per heavy atom. The fourth-order valence-electron chi connectivity index (χ4n) is 12.1. The average Bonchev–Trinajstić information content (AvgIpc) is 3.53. The Bertz CT molecular complexity index is 1360. The maximum Gasteiger partial charge on any atom is 0.305 e. The third-order valence-electron chi connectivity index (χ3n) is 17.9. The molecule has 0 fully saturated rings. The lowest BCUT2D eigenvalue weighted by atomic mass is 10.0. The molecule has 0 aromatic heterocycles. The molecule has 2 atom stereocenters. The smallest absolute Gasteiger partial charge is 0.305 e. The van der Waals surface area contributed by atoms with Crippen molar-refractivity contribution in [3.8, 4) is 0 Å². The van der Waals surface area contributed by atoms with Crippen molar-refractivity contribution < 1.29 is 24.5 Å². The Hall–Kier alpha value is -1.92. The van der Waals surface area contributed by atoms with Crippen molar-refractivity contribution in [3.05, 3.63) is 36.5 Å². The number of aliphatic hydroxyl groups excluding tert-OH is 2. The summed E-state index contributed by atoms with van der Waals surface area (Å²) in [6.45, 7) is 4.98. The van der Waals surface area contributed by atoms with E-state index in [1.54, 1.807) is 0 Å². The zero-order valence-electron chi connectivity index (χ0n) is 56.9. The van der Waals surface area contributed by atoms with Gasteiger partial charge in [0, 0.05) is 12.8 Å². The van der Waals surface area contributed by atoms with Gasteiger partial charge in [-0.2, -0.15) is 0 Å². The Balaban J connectivity index is 3.36. The molecule has 0 rings (SSSR count). The number of carbonyl (C=O) groups is 2. The van der Waals surface area contributed by atoms with Crippen LogP contribution in [0.2, 0.25) is 0 Å². The summed E-state index contributed by atoms with van der Waals surface area (Å²) in [5.74, 6) is -0.0189. The molecular formula is C78H149NO5. The number of amides is 1. The van der Waals surface area contributed by atoms with Crippen LogP contribution in [0.15, 0.2) is 36.5 Å². The van der Waals surface area contributed by atoms with E-state index in [1.807, 2.05) is 0 Å². The molecule has 6 heteroatoms. The van der Waals surface area contributed by atoms with Gasteiger partial charge in [0.25, 0.3) is 0 Å². The third kappa shape index (κ3) is 69.2. The first-order valence-electron chi connectivity index (χ1n) is 38.2. The highest BCUT2D eigenvalue weighted by molar-refractivity contribution is 5.76. The zero-order valence-corrected chi connectivity index (χ0v) is 56.9. The van der Waals surface area contributed by atoms with Crippen LogP contribution in [0.5, 0.6) is 0 Å². The highest BCUT2D eigenvalue weighted by atomic mass is 16.5. The summed E-state index contributed by atoms with van der Waals surface area (Å²) >= 11 is 0. The van der Waals surface area contributed by atoms with Crippen LogP contribution in [0, 0.1) is 0 Å². The minimum atomic E-state index is -0.664. The van der Waals surface area contributed by atoms with Crippen LogP contribution in [-0.4, -0.2) is 47.4 Å². The number of unbranched alkanes of at least 4 members (excludes halogenated alkanes) is 55. The minimum Gasteiger partial charge on any atom is -0.466 e. The first-order chi connectivity index (χ1) is 41.5. The number of hydrogen-bond donors (Lipinski definition) is 3. The number of aliphatic hydroxyl groups is 2. The normalized spacial score (nSPS) is 12.7. The summed E-state index contributed by atoms with van der Waals surface area (Å²) in [5.41, 5.74) is 0. The summed E-state index contributed by atoms with van der Waals surface area (Å²) in [5, 5.41) is 23.4. The molecule has 0 saturated heterocycles. The van der Waals surface area contributed by atoms with Crippen LogP contribution in [0.1, 0.15) is 425 Å². The predicted molar refractivity (Wildman–Crippen MR) is 370 cm³/mol. The van der Waals surface area contributed by atoms with E-state index in [0.29, 0.717) is 25.9 Å². The second-order valence-corrected chi connectivity index (χ2v) is 26.3. The van der Waals surface area contributed by atoms with E-state index < -0.39 is 12.1 Å². The molecule has 0 heterocycles. The molecule has 1 amide bonds. The van der Waals surface area contributed by atoms with Gasteiger partial charge in [-0.15, -0.1) is 0 Å². The minimum absolute atomic E-state index is 0.0105. The van der Waals surface area contributed by atoms with E-state index >= 15 is 0 Å². The maximum atomic E-state index is 12.5. The number of ether oxygens (including phenoxy) is 1. The molecule has 0 aromatic rings. The lowest BCUT2D eigenvalue weighted by Gasteiger charge is -2.22. The fraction of sp³-hybridized carbons (Fsp3) is 0.897. The fourth-order valence-corrected chi connectivity index (χ4v) is 12.1. The third-order valence-corrected chi connectivity index (χ3v) is 17.9. The van der Waals surface area contributed by atoms with E-state index in [9.17, 15) is 19.8 Å². The van der Waals surface area contributed by atoms with Crippen LogP contribution in [0.25, 0.3) is 0 Å². The number of rotatable bonds is 72. The number of carbonyl (C=O) groups excluding carboxylic acids is 2. The number of nitrogens with one attached hydrogen (secondary N) is 1. The SMILES string of the molecule is CCCCCC/C=C\C/C=C\CCCCCCCCCC(=O)OCCCCCCCCCCCCCC/C=C\CCCCCCCCCCCCCCCCC(=O)NC(CO)C(O)CCCCCCCCCCCCCCCCCCCCC. The Kier molecular flexibility index (Phi) is 71.9. The topological polar surface area (TPSA) is 95.9 Å². The predicted octanol–water partition coefficient (Wildman–Crippen LogP) is 25.0.